The number of hydrogen-bond acceptors (Lipinski definition) is 3. The third-order valence-electron chi connectivity index (χ3n) is 4.91. The first kappa shape index (κ1) is 17.4. The second-order valence-corrected chi connectivity index (χ2v) is 7.74. The molecule has 1 aromatic carbocycles. The number of nitrogens with one attached hydrogen (secondary N) is 1. The number of aromatic hydroxyl groups is 1. The second-order valence-electron chi connectivity index (χ2n) is 6.89. The molecule has 1 aliphatic carbocycles. The fourth-order valence-electron chi connectivity index (χ4n) is 3.72. The van der Waals surface area contributed by atoms with Crippen LogP contribution in [0.3, 0.4) is 0 Å². The van der Waals surface area contributed by atoms with E-state index in [4.69, 9.17) is 23.2 Å². The van der Waals surface area contributed by atoms with Crippen LogP contribution in [0.5, 0.6) is 5.75 Å². The van der Waals surface area contributed by atoms with Crippen LogP contribution in [0.15, 0.2) is 12.1 Å². The Bertz CT molecular complexity index is 693. The summed E-state index contributed by atoms with van der Waals surface area (Å²) >= 11 is 11.8. The number of rotatable bonds is 3. The minimum absolute atomic E-state index is 0.00382. The van der Waals surface area contributed by atoms with Crippen LogP contribution < -0.4 is 5.32 Å². The van der Waals surface area contributed by atoms with Crippen molar-refractivity contribution >= 4 is 35.0 Å². The molecule has 1 saturated carbocycles. The molecule has 7 heteroatoms. The van der Waals surface area contributed by atoms with Gasteiger partial charge in [0, 0.05) is 29.6 Å². The number of hydrogen-bond donors (Lipinski definition) is 2. The molecule has 1 saturated heterocycles. The number of carbonyl (C=O) groups excluding carboxylic acids is 2. The SMILES string of the molecule is CC(C)C(=O)N1C[C@H]2C[C@@H]1C[C@H]2NC(=O)c1cc(Cl)cc(Cl)c1O. The molecule has 1 aromatic rings. The average Bonchev–Trinajstić information content (AvgIpc) is 3.09. The number of halogens is 2. The van der Waals surface area contributed by atoms with Crippen LogP contribution in [0.25, 0.3) is 0 Å². The molecule has 2 amide bonds. The van der Waals surface area contributed by atoms with E-state index >= 15 is 0 Å². The largest absolute Gasteiger partial charge is 0.506 e. The first-order valence-electron chi connectivity index (χ1n) is 8.07. The zero-order chi connectivity index (χ0) is 17.6. The monoisotopic (exact) mass is 370 g/mol. The zero-order valence-corrected chi connectivity index (χ0v) is 15.1. The molecule has 0 aromatic heterocycles. The van der Waals surface area contributed by atoms with Crippen molar-refractivity contribution in [2.24, 2.45) is 11.8 Å². The predicted molar refractivity (Wildman–Crippen MR) is 92.4 cm³/mol. The molecule has 2 N–H and O–H groups in total. The Hall–Kier alpha value is -1.46. The van der Waals surface area contributed by atoms with Gasteiger partial charge in [0.1, 0.15) is 5.75 Å². The van der Waals surface area contributed by atoms with Gasteiger partial charge >= 0.3 is 0 Å². The molecule has 0 spiro atoms. The van der Waals surface area contributed by atoms with Crippen molar-refractivity contribution in [1.29, 1.82) is 0 Å². The molecular weight excluding hydrogens is 351 g/mol. The molecule has 1 aliphatic heterocycles. The van der Waals surface area contributed by atoms with Crippen molar-refractivity contribution in [2.45, 2.75) is 38.8 Å². The van der Waals surface area contributed by atoms with Gasteiger partial charge in [-0.3, -0.25) is 9.59 Å². The van der Waals surface area contributed by atoms with Crippen LogP contribution in [-0.4, -0.2) is 40.4 Å². The lowest BCUT2D eigenvalue weighted by atomic mass is 10.0. The van der Waals surface area contributed by atoms with Crippen molar-refractivity contribution in [1.82, 2.24) is 10.2 Å². The topological polar surface area (TPSA) is 69.6 Å². The average molecular weight is 371 g/mol. The van der Waals surface area contributed by atoms with Gasteiger partial charge in [-0.2, -0.15) is 0 Å². The summed E-state index contributed by atoms with van der Waals surface area (Å²) in [7, 11) is 0. The van der Waals surface area contributed by atoms with Gasteiger partial charge in [0.05, 0.1) is 10.6 Å². The molecule has 24 heavy (non-hydrogen) atoms. The number of carbonyl (C=O) groups is 2. The molecule has 5 nitrogen and oxygen atoms in total. The fraction of sp³-hybridized carbons (Fsp3) is 0.529. The molecule has 3 rings (SSSR count). The zero-order valence-electron chi connectivity index (χ0n) is 13.6. The number of likely N-dealkylation sites (tertiary alicyclic amines) is 1. The molecule has 2 bridgehead atoms. The molecule has 2 fully saturated rings. The third-order valence-corrected chi connectivity index (χ3v) is 5.41. The summed E-state index contributed by atoms with van der Waals surface area (Å²) in [5, 5.41) is 13.3. The van der Waals surface area contributed by atoms with Crippen LogP contribution >= 0.6 is 23.2 Å². The molecule has 130 valence electrons. The first-order valence-corrected chi connectivity index (χ1v) is 8.83. The standard InChI is InChI=1S/C17H20Cl2N2O3/c1-8(2)17(24)21-7-9-3-11(21)6-14(9)20-16(23)12-4-10(18)5-13(19)15(12)22/h4-5,8-9,11,14,22H,3,6-7H2,1-2H3,(H,20,23)/t9-,11-,14-/m1/s1. The van der Waals surface area contributed by atoms with E-state index in [1.165, 1.54) is 12.1 Å². The quantitative estimate of drug-likeness (QED) is 0.858. The van der Waals surface area contributed by atoms with Crippen LogP contribution in [0, 0.1) is 11.8 Å². The van der Waals surface area contributed by atoms with Crippen molar-refractivity contribution < 1.29 is 14.7 Å². The number of amides is 2. The highest BCUT2D eigenvalue weighted by atomic mass is 35.5. The number of fused-ring (bicyclic) bond motifs is 2. The van der Waals surface area contributed by atoms with E-state index in [2.05, 4.69) is 5.32 Å². The normalized spacial score (nSPS) is 25.4. The summed E-state index contributed by atoms with van der Waals surface area (Å²) < 4.78 is 0. The van der Waals surface area contributed by atoms with Crippen LogP contribution in [0.2, 0.25) is 10.0 Å². The van der Waals surface area contributed by atoms with Crippen LogP contribution in [0.4, 0.5) is 0 Å². The van der Waals surface area contributed by atoms with Gasteiger partial charge in [-0.15, -0.1) is 0 Å². The molecular formula is C17H20Cl2N2O3. The van der Waals surface area contributed by atoms with Gasteiger partial charge in [0.25, 0.3) is 5.91 Å². The lowest BCUT2D eigenvalue weighted by Crippen LogP contribution is -2.48. The number of nitrogens with zero attached hydrogens (tertiary/aromatic N) is 1. The van der Waals surface area contributed by atoms with Crippen LogP contribution in [-0.2, 0) is 4.79 Å². The highest BCUT2D eigenvalue weighted by molar-refractivity contribution is 6.36. The van der Waals surface area contributed by atoms with E-state index < -0.39 is 5.91 Å². The summed E-state index contributed by atoms with van der Waals surface area (Å²) in [6.45, 7) is 4.48. The Labute approximate surface area is 150 Å². The van der Waals surface area contributed by atoms with Crippen molar-refractivity contribution in [3.63, 3.8) is 0 Å². The number of phenolic OH excluding ortho intramolecular Hbond substituents is 1. The van der Waals surface area contributed by atoms with Gasteiger partial charge in [-0.25, -0.2) is 0 Å². The van der Waals surface area contributed by atoms with E-state index in [1.807, 2.05) is 18.7 Å². The molecule has 0 radical (unpaired) electrons. The maximum atomic E-state index is 12.5. The Kier molecular flexibility index (Phi) is 4.67. The summed E-state index contributed by atoms with van der Waals surface area (Å²) in [6.07, 6.45) is 1.65. The van der Waals surface area contributed by atoms with Crippen molar-refractivity contribution in [2.75, 3.05) is 6.54 Å². The maximum absolute atomic E-state index is 12.5. The Morgan fingerprint density at radius 2 is 2.00 bits per heavy atom. The van der Waals surface area contributed by atoms with Gasteiger partial charge in [0.15, 0.2) is 0 Å². The Balaban J connectivity index is 1.68. The summed E-state index contributed by atoms with van der Waals surface area (Å²) in [5.74, 6) is -0.248. The van der Waals surface area contributed by atoms with Gasteiger partial charge < -0.3 is 15.3 Å². The van der Waals surface area contributed by atoms with E-state index in [0.29, 0.717) is 11.6 Å². The van der Waals surface area contributed by atoms with Crippen molar-refractivity contribution in [3.8, 4) is 5.75 Å². The smallest absolute Gasteiger partial charge is 0.255 e. The Morgan fingerprint density at radius 1 is 1.29 bits per heavy atom. The molecule has 3 atom stereocenters. The number of phenols is 1. The minimum atomic E-state index is -0.392. The van der Waals surface area contributed by atoms with E-state index in [9.17, 15) is 14.7 Å². The summed E-state index contributed by atoms with van der Waals surface area (Å²) in [5.41, 5.74) is 0.0744. The lowest BCUT2D eigenvalue weighted by Gasteiger charge is -2.33. The summed E-state index contributed by atoms with van der Waals surface area (Å²) in [6, 6.07) is 2.98. The molecule has 0 unspecified atom stereocenters. The number of piperidine rings is 1. The fourth-order valence-corrected chi connectivity index (χ4v) is 4.21. The minimum Gasteiger partial charge on any atom is -0.506 e. The first-order chi connectivity index (χ1) is 11.3. The van der Waals surface area contributed by atoms with Gasteiger partial charge in [-0.05, 0) is 30.9 Å². The van der Waals surface area contributed by atoms with Crippen LogP contribution in [0.1, 0.15) is 37.0 Å². The highest BCUT2D eigenvalue weighted by Crippen LogP contribution is 2.39. The lowest BCUT2D eigenvalue weighted by molar-refractivity contribution is -0.136. The highest BCUT2D eigenvalue weighted by Gasteiger charge is 2.47. The van der Waals surface area contributed by atoms with Gasteiger partial charge in [0.2, 0.25) is 5.91 Å². The Morgan fingerprint density at radius 3 is 2.58 bits per heavy atom. The molecule has 2 aliphatic rings. The second kappa shape index (κ2) is 6.45. The predicted octanol–water partition coefficient (Wildman–Crippen LogP) is 3.07. The van der Waals surface area contributed by atoms with Crippen molar-refractivity contribution in [3.05, 3.63) is 27.7 Å². The van der Waals surface area contributed by atoms with E-state index in [1.54, 1.807) is 0 Å². The van der Waals surface area contributed by atoms with E-state index in [-0.39, 0.29) is 46.2 Å². The number of benzene rings is 1. The maximum Gasteiger partial charge on any atom is 0.255 e. The van der Waals surface area contributed by atoms with Gasteiger partial charge in [-0.1, -0.05) is 37.0 Å². The summed E-state index contributed by atoms with van der Waals surface area (Å²) in [4.78, 5) is 26.6. The van der Waals surface area contributed by atoms with E-state index in [0.717, 1.165) is 12.8 Å². The molecule has 1 heterocycles. The third kappa shape index (κ3) is 3.07.